The minimum Gasteiger partial charge on any atom is -0.383 e. The Balaban J connectivity index is 2.02. The number of anilines is 1. The highest BCUT2D eigenvalue weighted by Crippen LogP contribution is 2.25. The Morgan fingerprint density at radius 2 is 1.92 bits per heavy atom. The number of nitrogens with one attached hydrogen (secondary N) is 2. The molecule has 2 aromatic rings. The van der Waals surface area contributed by atoms with Gasteiger partial charge in [-0.2, -0.15) is 0 Å². The first-order valence-corrected chi connectivity index (χ1v) is 8.54. The molecule has 0 radical (unpaired) electrons. The summed E-state index contributed by atoms with van der Waals surface area (Å²) < 4.78 is 18.1. The lowest BCUT2D eigenvalue weighted by Gasteiger charge is -2.17. The molecule has 0 saturated carbocycles. The minimum absolute atomic E-state index is 0.288. The number of methoxy groups -OCH3 is 1. The van der Waals surface area contributed by atoms with Crippen molar-refractivity contribution in [1.29, 1.82) is 0 Å². The van der Waals surface area contributed by atoms with E-state index in [0.29, 0.717) is 19.8 Å². The quantitative estimate of drug-likeness (QED) is 0.647. The zero-order valence-corrected chi connectivity index (χ0v) is 15.1. The SMILES string of the molecule is CCOC(CNC(=O)Nc1cn(CCOC)c2ccccc12)OCC. The Kier molecular flexibility index (Phi) is 7.72. The van der Waals surface area contributed by atoms with Gasteiger partial charge in [0.05, 0.1) is 24.4 Å². The molecule has 1 heterocycles. The zero-order chi connectivity index (χ0) is 18.1. The van der Waals surface area contributed by atoms with Gasteiger partial charge in [-0.3, -0.25) is 0 Å². The number of hydrogen-bond acceptors (Lipinski definition) is 4. The number of urea groups is 1. The monoisotopic (exact) mass is 349 g/mol. The van der Waals surface area contributed by atoms with Crippen LogP contribution in [0.4, 0.5) is 10.5 Å². The normalized spacial score (nSPS) is 11.2. The van der Waals surface area contributed by atoms with E-state index in [9.17, 15) is 4.79 Å². The minimum atomic E-state index is -0.441. The average Bonchev–Trinajstić information content (AvgIpc) is 2.96. The predicted octanol–water partition coefficient (Wildman–Crippen LogP) is 2.81. The van der Waals surface area contributed by atoms with E-state index in [1.54, 1.807) is 7.11 Å². The molecule has 7 heteroatoms. The molecule has 0 bridgehead atoms. The maximum absolute atomic E-state index is 12.2. The topological polar surface area (TPSA) is 73.8 Å². The van der Waals surface area contributed by atoms with Crippen LogP contribution < -0.4 is 10.6 Å². The number of para-hydroxylation sites is 1. The zero-order valence-electron chi connectivity index (χ0n) is 15.1. The Hall–Kier alpha value is -2.09. The highest BCUT2D eigenvalue weighted by molar-refractivity contribution is 6.01. The van der Waals surface area contributed by atoms with Gasteiger partial charge in [0, 0.05) is 38.5 Å². The first-order valence-electron chi connectivity index (χ1n) is 8.54. The van der Waals surface area contributed by atoms with Crippen LogP contribution in [-0.2, 0) is 20.8 Å². The number of benzene rings is 1. The molecule has 0 aliphatic rings. The summed E-state index contributed by atoms with van der Waals surface area (Å²) >= 11 is 0. The van der Waals surface area contributed by atoms with Gasteiger partial charge < -0.3 is 29.4 Å². The molecule has 0 atom stereocenters. The molecule has 0 saturated heterocycles. The van der Waals surface area contributed by atoms with Crippen LogP contribution in [0, 0.1) is 0 Å². The van der Waals surface area contributed by atoms with Gasteiger partial charge in [-0.1, -0.05) is 18.2 Å². The maximum Gasteiger partial charge on any atom is 0.319 e. The highest BCUT2D eigenvalue weighted by atomic mass is 16.7. The lowest BCUT2D eigenvalue weighted by Crippen LogP contribution is -2.37. The molecule has 1 aromatic heterocycles. The highest BCUT2D eigenvalue weighted by Gasteiger charge is 2.13. The largest absolute Gasteiger partial charge is 0.383 e. The Morgan fingerprint density at radius 1 is 1.20 bits per heavy atom. The molecule has 25 heavy (non-hydrogen) atoms. The fourth-order valence-corrected chi connectivity index (χ4v) is 2.60. The smallest absolute Gasteiger partial charge is 0.319 e. The molecule has 2 rings (SSSR count). The second-order valence-corrected chi connectivity index (χ2v) is 5.42. The van der Waals surface area contributed by atoms with Crippen molar-refractivity contribution in [3.8, 4) is 0 Å². The van der Waals surface area contributed by atoms with Crippen LogP contribution in [0.3, 0.4) is 0 Å². The molecule has 0 unspecified atom stereocenters. The molecule has 7 nitrogen and oxygen atoms in total. The van der Waals surface area contributed by atoms with Crippen LogP contribution >= 0.6 is 0 Å². The third kappa shape index (κ3) is 5.45. The van der Waals surface area contributed by atoms with E-state index in [0.717, 1.165) is 23.1 Å². The number of hydrogen-bond donors (Lipinski definition) is 2. The molecule has 138 valence electrons. The molecule has 0 fully saturated rings. The van der Waals surface area contributed by atoms with Gasteiger partial charge >= 0.3 is 6.03 Å². The van der Waals surface area contributed by atoms with E-state index in [-0.39, 0.29) is 12.6 Å². The van der Waals surface area contributed by atoms with Crippen molar-refractivity contribution in [2.24, 2.45) is 0 Å². The molecule has 0 aliphatic heterocycles. The van der Waals surface area contributed by atoms with Crippen molar-refractivity contribution in [1.82, 2.24) is 9.88 Å². The number of aromatic nitrogens is 1. The predicted molar refractivity (Wildman–Crippen MR) is 97.9 cm³/mol. The number of nitrogens with zero attached hydrogens (tertiary/aromatic N) is 1. The molecular weight excluding hydrogens is 322 g/mol. The van der Waals surface area contributed by atoms with Crippen molar-refractivity contribution in [3.05, 3.63) is 30.5 Å². The molecule has 2 amide bonds. The van der Waals surface area contributed by atoms with E-state index in [1.165, 1.54) is 0 Å². The maximum atomic E-state index is 12.2. The number of ether oxygens (including phenoxy) is 3. The van der Waals surface area contributed by atoms with E-state index < -0.39 is 6.29 Å². The number of carbonyl (C=O) groups is 1. The first kappa shape index (κ1) is 19.2. The standard InChI is InChI=1S/C18H27N3O4/c1-4-24-17(25-5-2)12-19-18(22)20-15-13-21(10-11-23-3)16-9-7-6-8-14(15)16/h6-9,13,17H,4-5,10-12H2,1-3H3,(H2,19,20,22). The molecule has 0 spiro atoms. The first-order chi connectivity index (χ1) is 12.2. The van der Waals surface area contributed by atoms with Crippen LogP contribution in [0.1, 0.15) is 13.8 Å². The molecular formula is C18H27N3O4. The Bertz CT molecular complexity index is 665. The van der Waals surface area contributed by atoms with Crippen LogP contribution in [0.2, 0.25) is 0 Å². The number of rotatable bonds is 10. The number of fused-ring (bicyclic) bond motifs is 1. The van der Waals surface area contributed by atoms with Crippen LogP contribution in [0.15, 0.2) is 30.5 Å². The summed E-state index contributed by atoms with van der Waals surface area (Å²) in [5.41, 5.74) is 1.81. The van der Waals surface area contributed by atoms with Gasteiger partial charge in [-0.15, -0.1) is 0 Å². The summed E-state index contributed by atoms with van der Waals surface area (Å²) in [5, 5.41) is 6.67. The van der Waals surface area contributed by atoms with Crippen molar-refractivity contribution in [3.63, 3.8) is 0 Å². The Labute approximate surface area is 148 Å². The van der Waals surface area contributed by atoms with Gasteiger partial charge in [-0.25, -0.2) is 4.79 Å². The van der Waals surface area contributed by atoms with Gasteiger partial charge in [0.1, 0.15) is 0 Å². The number of amides is 2. The van der Waals surface area contributed by atoms with E-state index in [2.05, 4.69) is 15.2 Å². The molecule has 1 aromatic carbocycles. The van der Waals surface area contributed by atoms with Crippen molar-refractivity contribution >= 4 is 22.6 Å². The summed E-state index contributed by atoms with van der Waals surface area (Å²) in [6, 6.07) is 7.64. The molecule has 2 N–H and O–H groups in total. The summed E-state index contributed by atoms with van der Waals surface area (Å²) in [7, 11) is 1.67. The van der Waals surface area contributed by atoms with Gasteiger partial charge in [-0.05, 0) is 19.9 Å². The third-order valence-corrected chi connectivity index (χ3v) is 3.71. The third-order valence-electron chi connectivity index (χ3n) is 3.71. The lowest BCUT2D eigenvalue weighted by molar-refractivity contribution is -0.131. The van der Waals surface area contributed by atoms with Gasteiger partial charge in [0.15, 0.2) is 6.29 Å². The summed E-state index contributed by atoms with van der Waals surface area (Å²) in [6.45, 7) is 6.45. The fraction of sp³-hybridized carbons (Fsp3) is 0.500. The average molecular weight is 349 g/mol. The summed E-state index contributed by atoms with van der Waals surface area (Å²) in [6.07, 6.45) is 1.48. The Morgan fingerprint density at radius 3 is 2.60 bits per heavy atom. The number of carbonyl (C=O) groups excluding carboxylic acids is 1. The lowest BCUT2D eigenvalue weighted by atomic mass is 10.2. The van der Waals surface area contributed by atoms with E-state index in [4.69, 9.17) is 14.2 Å². The van der Waals surface area contributed by atoms with Crippen molar-refractivity contribution in [2.45, 2.75) is 26.7 Å². The van der Waals surface area contributed by atoms with Gasteiger partial charge in [0.2, 0.25) is 0 Å². The second-order valence-electron chi connectivity index (χ2n) is 5.42. The van der Waals surface area contributed by atoms with Crippen LogP contribution in [0.5, 0.6) is 0 Å². The molecule has 0 aliphatic carbocycles. The summed E-state index contributed by atoms with van der Waals surface area (Å²) in [5.74, 6) is 0. The van der Waals surface area contributed by atoms with Gasteiger partial charge in [0.25, 0.3) is 0 Å². The van der Waals surface area contributed by atoms with Crippen molar-refractivity contribution in [2.75, 3.05) is 38.8 Å². The fourth-order valence-electron chi connectivity index (χ4n) is 2.60. The van der Waals surface area contributed by atoms with Crippen molar-refractivity contribution < 1.29 is 19.0 Å². The van der Waals surface area contributed by atoms with E-state index >= 15 is 0 Å². The van der Waals surface area contributed by atoms with Crippen LogP contribution in [0.25, 0.3) is 10.9 Å². The van der Waals surface area contributed by atoms with E-state index in [1.807, 2.05) is 44.3 Å². The summed E-state index contributed by atoms with van der Waals surface area (Å²) in [4.78, 5) is 12.2. The van der Waals surface area contributed by atoms with Crippen LogP contribution in [-0.4, -0.2) is 50.4 Å². The second kappa shape index (κ2) is 10.0.